The predicted molar refractivity (Wildman–Crippen MR) is 78.7 cm³/mol. The highest BCUT2D eigenvalue weighted by Crippen LogP contribution is 2.30. The zero-order valence-corrected chi connectivity index (χ0v) is 11.9. The number of hydrogen-bond acceptors (Lipinski definition) is 1. The molecule has 1 aliphatic rings. The Morgan fingerprint density at radius 1 is 1.06 bits per heavy atom. The van der Waals surface area contributed by atoms with Crippen LogP contribution in [0.4, 0.5) is 0 Å². The molecule has 100 valence electrons. The molecule has 0 aromatic heterocycles. The first-order valence-electron chi connectivity index (χ1n) is 7.54. The van der Waals surface area contributed by atoms with Crippen LogP contribution in [0, 0.1) is 11.8 Å². The van der Waals surface area contributed by atoms with E-state index in [1.54, 1.807) is 0 Å². The molecule has 0 amide bonds. The van der Waals surface area contributed by atoms with Crippen molar-refractivity contribution in [1.82, 2.24) is 5.32 Å². The minimum absolute atomic E-state index is 0.775. The van der Waals surface area contributed by atoms with Crippen LogP contribution in [0.5, 0.6) is 0 Å². The van der Waals surface area contributed by atoms with Crippen LogP contribution in [0.3, 0.4) is 0 Å². The average Bonchev–Trinajstić information content (AvgIpc) is 2.71. The van der Waals surface area contributed by atoms with Crippen molar-refractivity contribution in [2.45, 2.75) is 52.0 Å². The quantitative estimate of drug-likeness (QED) is 0.746. The lowest BCUT2D eigenvalue weighted by Gasteiger charge is -2.19. The fourth-order valence-corrected chi connectivity index (χ4v) is 3.04. The molecule has 1 aliphatic carbocycles. The molecule has 3 atom stereocenters. The summed E-state index contributed by atoms with van der Waals surface area (Å²) in [5.41, 5.74) is 1.47. The van der Waals surface area contributed by atoms with Gasteiger partial charge in [0.25, 0.3) is 0 Å². The predicted octanol–water partition coefficient (Wildman–Crippen LogP) is 4.03. The molecule has 1 nitrogen and oxygen atoms in total. The van der Waals surface area contributed by atoms with Gasteiger partial charge in [0.1, 0.15) is 0 Å². The fourth-order valence-electron chi connectivity index (χ4n) is 3.04. The molecular formula is C17H27N. The average molecular weight is 245 g/mol. The van der Waals surface area contributed by atoms with Crippen LogP contribution in [0.2, 0.25) is 0 Å². The Balaban J connectivity index is 1.57. The Labute approximate surface area is 112 Å². The number of aryl methyl sites for hydroxylation is 1. The van der Waals surface area contributed by atoms with Crippen LogP contribution < -0.4 is 5.32 Å². The van der Waals surface area contributed by atoms with Crippen LogP contribution in [0.1, 0.15) is 45.1 Å². The Morgan fingerprint density at radius 3 is 2.50 bits per heavy atom. The molecule has 1 fully saturated rings. The van der Waals surface area contributed by atoms with Gasteiger partial charge in [-0.05, 0) is 56.0 Å². The molecule has 0 bridgehead atoms. The monoisotopic (exact) mass is 245 g/mol. The van der Waals surface area contributed by atoms with Gasteiger partial charge in [0, 0.05) is 6.04 Å². The van der Waals surface area contributed by atoms with Crippen molar-refractivity contribution in [3.63, 3.8) is 0 Å². The van der Waals surface area contributed by atoms with E-state index in [1.165, 1.54) is 44.2 Å². The van der Waals surface area contributed by atoms with Crippen molar-refractivity contribution in [2.75, 3.05) is 6.54 Å². The van der Waals surface area contributed by atoms with E-state index in [4.69, 9.17) is 0 Å². The van der Waals surface area contributed by atoms with Crippen LogP contribution in [-0.2, 0) is 6.42 Å². The molecule has 0 heterocycles. The van der Waals surface area contributed by atoms with E-state index in [2.05, 4.69) is 49.5 Å². The van der Waals surface area contributed by atoms with Crippen molar-refractivity contribution in [3.05, 3.63) is 35.9 Å². The van der Waals surface area contributed by atoms with E-state index in [9.17, 15) is 0 Å². The molecule has 18 heavy (non-hydrogen) atoms. The van der Waals surface area contributed by atoms with Gasteiger partial charge < -0.3 is 5.32 Å². The summed E-state index contributed by atoms with van der Waals surface area (Å²) in [5.74, 6) is 1.77. The van der Waals surface area contributed by atoms with E-state index in [1.807, 2.05) is 0 Å². The van der Waals surface area contributed by atoms with E-state index in [0.29, 0.717) is 0 Å². The fraction of sp³-hybridized carbons (Fsp3) is 0.647. The van der Waals surface area contributed by atoms with E-state index < -0.39 is 0 Å². The zero-order chi connectivity index (χ0) is 12.8. The van der Waals surface area contributed by atoms with E-state index >= 15 is 0 Å². The van der Waals surface area contributed by atoms with E-state index in [0.717, 1.165) is 17.9 Å². The molecule has 3 unspecified atom stereocenters. The summed E-state index contributed by atoms with van der Waals surface area (Å²) in [7, 11) is 0. The second-order valence-electron chi connectivity index (χ2n) is 5.92. The van der Waals surface area contributed by atoms with Crippen molar-refractivity contribution in [3.8, 4) is 0 Å². The third-order valence-corrected chi connectivity index (χ3v) is 4.61. The lowest BCUT2D eigenvalue weighted by molar-refractivity contribution is 0.368. The van der Waals surface area contributed by atoms with E-state index in [-0.39, 0.29) is 0 Å². The van der Waals surface area contributed by atoms with Gasteiger partial charge in [-0.3, -0.25) is 0 Å². The summed E-state index contributed by atoms with van der Waals surface area (Å²) < 4.78 is 0. The van der Waals surface area contributed by atoms with Gasteiger partial charge in [-0.25, -0.2) is 0 Å². The maximum absolute atomic E-state index is 3.75. The molecule has 0 spiro atoms. The minimum atomic E-state index is 0.775. The summed E-state index contributed by atoms with van der Waals surface area (Å²) in [6.07, 6.45) is 6.60. The zero-order valence-electron chi connectivity index (χ0n) is 11.9. The van der Waals surface area contributed by atoms with Gasteiger partial charge in [-0.15, -0.1) is 0 Å². The van der Waals surface area contributed by atoms with Gasteiger partial charge >= 0.3 is 0 Å². The number of hydrogen-bond donors (Lipinski definition) is 1. The van der Waals surface area contributed by atoms with Crippen LogP contribution in [-0.4, -0.2) is 12.6 Å². The lowest BCUT2D eigenvalue weighted by Crippen LogP contribution is -2.33. The molecular weight excluding hydrogens is 218 g/mol. The van der Waals surface area contributed by atoms with Gasteiger partial charge in [0.05, 0.1) is 0 Å². The van der Waals surface area contributed by atoms with Crippen LogP contribution in [0.25, 0.3) is 0 Å². The summed E-state index contributed by atoms with van der Waals surface area (Å²) in [6, 6.07) is 11.6. The Hall–Kier alpha value is -0.820. The highest BCUT2D eigenvalue weighted by Gasteiger charge is 2.28. The van der Waals surface area contributed by atoms with Crippen molar-refractivity contribution >= 4 is 0 Å². The second kappa shape index (κ2) is 6.94. The van der Waals surface area contributed by atoms with Gasteiger partial charge in [0.2, 0.25) is 0 Å². The molecule has 1 heteroatoms. The third kappa shape index (κ3) is 3.84. The Kier molecular flexibility index (Phi) is 5.25. The molecule has 1 saturated carbocycles. The van der Waals surface area contributed by atoms with Gasteiger partial charge in [0.15, 0.2) is 0 Å². The van der Waals surface area contributed by atoms with Crippen LogP contribution in [0.15, 0.2) is 30.3 Å². The van der Waals surface area contributed by atoms with Crippen LogP contribution >= 0.6 is 0 Å². The standard InChI is InChI=1S/C17H27N/c1-14-11-12-17(15(14)2)18-13-7-6-10-16-8-4-3-5-9-16/h3-5,8-9,14-15,17-18H,6-7,10-13H2,1-2H3. The first-order valence-corrected chi connectivity index (χ1v) is 7.54. The summed E-state index contributed by atoms with van der Waals surface area (Å²) in [5, 5.41) is 3.75. The van der Waals surface area contributed by atoms with Crippen molar-refractivity contribution in [1.29, 1.82) is 0 Å². The molecule has 2 rings (SSSR count). The Morgan fingerprint density at radius 2 is 1.83 bits per heavy atom. The maximum atomic E-state index is 3.75. The number of unbranched alkanes of at least 4 members (excludes halogenated alkanes) is 1. The van der Waals surface area contributed by atoms with Gasteiger partial charge in [-0.2, -0.15) is 0 Å². The smallest absolute Gasteiger partial charge is 0.00953 e. The number of nitrogens with one attached hydrogen (secondary N) is 1. The van der Waals surface area contributed by atoms with Crippen molar-refractivity contribution < 1.29 is 0 Å². The largest absolute Gasteiger partial charge is 0.314 e. The normalized spacial score (nSPS) is 27.6. The molecule has 0 saturated heterocycles. The first kappa shape index (κ1) is 13.6. The molecule has 1 aromatic rings. The number of benzene rings is 1. The number of rotatable bonds is 6. The second-order valence-corrected chi connectivity index (χ2v) is 5.92. The minimum Gasteiger partial charge on any atom is -0.314 e. The van der Waals surface area contributed by atoms with Crippen molar-refractivity contribution in [2.24, 2.45) is 11.8 Å². The molecule has 0 radical (unpaired) electrons. The Bertz CT molecular complexity index is 333. The molecule has 1 N–H and O–H groups in total. The highest BCUT2D eigenvalue weighted by molar-refractivity contribution is 5.14. The first-order chi connectivity index (χ1) is 8.77. The lowest BCUT2D eigenvalue weighted by atomic mass is 9.98. The molecule has 1 aromatic carbocycles. The summed E-state index contributed by atoms with van der Waals surface area (Å²) in [6.45, 7) is 5.98. The van der Waals surface area contributed by atoms with Gasteiger partial charge in [-0.1, -0.05) is 44.2 Å². The highest BCUT2D eigenvalue weighted by atomic mass is 14.9. The topological polar surface area (TPSA) is 12.0 Å². The third-order valence-electron chi connectivity index (χ3n) is 4.61. The SMILES string of the molecule is CC1CCC(NCCCCc2ccccc2)C1C. The summed E-state index contributed by atoms with van der Waals surface area (Å²) in [4.78, 5) is 0. The maximum Gasteiger partial charge on any atom is 0.00953 e. The summed E-state index contributed by atoms with van der Waals surface area (Å²) >= 11 is 0. The molecule has 0 aliphatic heterocycles.